The lowest BCUT2D eigenvalue weighted by Gasteiger charge is -2.19. The van der Waals surface area contributed by atoms with Crippen molar-refractivity contribution in [2.24, 2.45) is 0 Å². The van der Waals surface area contributed by atoms with Crippen molar-refractivity contribution < 1.29 is 19.1 Å². The molecular weight excluding hydrogens is 198 g/mol. The Morgan fingerprint density at radius 3 is 2.13 bits per heavy atom. The number of esters is 1. The number of ether oxygens (including phenoxy) is 2. The van der Waals surface area contributed by atoms with Gasteiger partial charge >= 0.3 is 12.1 Å². The average molecular weight is 215 g/mol. The summed E-state index contributed by atoms with van der Waals surface area (Å²) < 4.78 is 9.42. The predicted molar refractivity (Wildman–Crippen MR) is 55.1 cm³/mol. The highest BCUT2D eigenvalue weighted by molar-refractivity contribution is 5.92. The van der Waals surface area contributed by atoms with Crippen LogP contribution in [0.3, 0.4) is 0 Å². The van der Waals surface area contributed by atoms with Crippen molar-refractivity contribution in [3.05, 3.63) is 11.8 Å². The van der Waals surface area contributed by atoms with Gasteiger partial charge in [-0.15, -0.1) is 0 Å². The number of methoxy groups -OCH3 is 1. The zero-order valence-corrected chi connectivity index (χ0v) is 9.71. The van der Waals surface area contributed by atoms with Gasteiger partial charge < -0.3 is 9.47 Å². The number of hydrogen-bond donors (Lipinski definition) is 1. The molecule has 0 bridgehead atoms. The lowest BCUT2D eigenvalue weighted by Crippen LogP contribution is -2.34. The minimum Gasteiger partial charge on any atom is -0.464 e. The number of hydrogen-bond acceptors (Lipinski definition) is 4. The van der Waals surface area contributed by atoms with Gasteiger partial charge in [-0.05, 0) is 27.7 Å². The first-order valence-electron chi connectivity index (χ1n) is 4.54. The molecule has 0 unspecified atom stereocenters. The van der Waals surface area contributed by atoms with Crippen molar-refractivity contribution >= 4 is 12.1 Å². The standard InChI is InChI=1S/C10H17NO4/c1-6-7(8(12)14-5)11-9(13)15-10(2,3)4/h6H,1-5H3,(H,11,13). The van der Waals surface area contributed by atoms with Gasteiger partial charge in [0.25, 0.3) is 0 Å². The van der Waals surface area contributed by atoms with Gasteiger partial charge in [0.1, 0.15) is 11.3 Å². The summed E-state index contributed by atoms with van der Waals surface area (Å²) in [7, 11) is 1.24. The summed E-state index contributed by atoms with van der Waals surface area (Å²) in [6.07, 6.45) is 0.761. The predicted octanol–water partition coefficient (Wildman–Crippen LogP) is 1.59. The molecule has 0 atom stereocenters. The molecule has 86 valence electrons. The van der Waals surface area contributed by atoms with Crippen molar-refractivity contribution in [2.45, 2.75) is 33.3 Å². The Morgan fingerprint density at radius 1 is 1.27 bits per heavy atom. The molecule has 0 saturated carbocycles. The fourth-order valence-corrected chi connectivity index (χ4v) is 0.765. The van der Waals surface area contributed by atoms with Crippen molar-refractivity contribution in [3.8, 4) is 0 Å². The summed E-state index contributed by atoms with van der Waals surface area (Å²) >= 11 is 0. The zero-order valence-electron chi connectivity index (χ0n) is 9.71. The molecule has 0 aliphatic rings. The number of rotatable bonds is 2. The number of allylic oxidation sites excluding steroid dienone is 1. The molecule has 0 rings (SSSR count). The van der Waals surface area contributed by atoms with Gasteiger partial charge in [0, 0.05) is 0 Å². The lowest BCUT2D eigenvalue weighted by atomic mass is 10.2. The van der Waals surface area contributed by atoms with Gasteiger partial charge in [-0.2, -0.15) is 0 Å². The smallest absolute Gasteiger partial charge is 0.412 e. The summed E-state index contributed by atoms with van der Waals surface area (Å²) in [6.45, 7) is 6.82. The summed E-state index contributed by atoms with van der Waals surface area (Å²) in [5, 5.41) is 2.30. The number of carbonyl (C=O) groups excluding carboxylic acids is 2. The Labute approximate surface area is 89.4 Å². The molecule has 0 saturated heterocycles. The van der Waals surface area contributed by atoms with Crippen LogP contribution < -0.4 is 5.32 Å². The number of alkyl carbamates (subject to hydrolysis) is 1. The second-order valence-corrected chi connectivity index (χ2v) is 3.82. The first-order chi connectivity index (χ1) is 6.80. The van der Waals surface area contributed by atoms with Crippen LogP contribution in [-0.2, 0) is 14.3 Å². The van der Waals surface area contributed by atoms with E-state index in [0.717, 1.165) is 0 Å². The van der Waals surface area contributed by atoms with E-state index in [9.17, 15) is 9.59 Å². The second kappa shape index (κ2) is 5.38. The molecule has 5 nitrogen and oxygen atoms in total. The molecule has 0 radical (unpaired) electrons. The van der Waals surface area contributed by atoms with Crippen LogP contribution in [0, 0.1) is 0 Å². The third-order valence-electron chi connectivity index (χ3n) is 1.33. The van der Waals surface area contributed by atoms with Crippen molar-refractivity contribution in [1.82, 2.24) is 5.32 Å². The Hall–Kier alpha value is -1.52. The largest absolute Gasteiger partial charge is 0.464 e. The molecule has 0 aromatic rings. The minimum atomic E-state index is -0.680. The molecule has 0 fully saturated rings. The van der Waals surface area contributed by atoms with Crippen LogP contribution in [0.5, 0.6) is 0 Å². The van der Waals surface area contributed by atoms with Gasteiger partial charge in [0.05, 0.1) is 7.11 Å². The van der Waals surface area contributed by atoms with Crippen LogP contribution >= 0.6 is 0 Å². The van der Waals surface area contributed by atoms with Crippen LogP contribution in [0.15, 0.2) is 11.8 Å². The Bertz CT molecular complexity index is 276. The SMILES string of the molecule is CC=C(NC(=O)OC(C)(C)C)C(=O)OC. The summed E-state index contributed by atoms with van der Waals surface area (Å²) in [6, 6.07) is 0. The molecule has 1 N–H and O–H groups in total. The van der Waals surface area contributed by atoms with Crippen LogP contribution in [-0.4, -0.2) is 24.8 Å². The Kier molecular flexibility index (Phi) is 4.84. The van der Waals surface area contributed by atoms with Gasteiger partial charge in [-0.1, -0.05) is 6.08 Å². The highest BCUT2D eigenvalue weighted by Gasteiger charge is 2.19. The van der Waals surface area contributed by atoms with E-state index in [1.54, 1.807) is 27.7 Å². The van der Waals surface area contributed by atoms with E-state index in [4.69, 9.17) is 4.74 Å². The van der Waals surface area contributed by atoms with E-state index >= 15 is 0 Å². The van der Waals surface area contributed by atoms with Gasteiger partial charge in [-0.3, -0.25) is 5.32 Å². The Balaban J connectivity index is 4.34. The fraction of sp³-hybridized carbons (Fsp3) is 0.600. The molecule has 0 heterocycles. The highest BCUT2D eigenvalue weighted by atomic mass is 16.6. The molecule has 0 aromatic heterocycles. The quantitative estimate of drug-likeness (QED) is 0.561. The third-order valence-corrected chi connectivity index (χ3v) is 1.33. The van der Waals surface area contributed by atoms with Crippen LogP contribution in [0.25, 0.3) is 0 Å². The maximum atomic E-state index is 11.3. The van der Waals surface area contributed by atoms with Crippen LogP contribution in [0.4, 0.5) is 4.79 Å². The monoisotopic (exact) mass is 215 g/mol. The normalized spacial score (nSPS) is 11.9. The first-order valence-corrected chi connectivity index (χ1v) is 4.54. The zero-order chi connectivity index (χ0) is 12.1. The van der Waals surface area contributed by atoms with E-state index < -0.39 is 17.7 Å². The van der Waals surface area contributed by atoms with E-state index in [-0.39, 0.29) is 5.70 Å². The van der Waals surface area contributed by atoms with Crippen LogP contribution in [0.1, 0.15) is 27.7 Å². The molecule has 0 aliphatic heterocycles. The number of carbonyl (C=O) groups is 2. The third kappa shape index (κ3) is 5.72. The molecule has 0 aliphatic carbocycles. The number of nitrogens with one attached hydrogen (secondary N) is 1. The van der Waals surface area contributed by atoms with E-state index in [1.165, 1.54) is 13.2 Å². The summed E-state index contributed by atoms with van der Waals surface area (Å²) in [5.74, 6) is -0.608. The maximum Gasteiger partial charge on any atom is 0.412 e. The highest BCUT2D eigenvalue weighted by Crippen LogP contribution is 2.07. The van der Waals surface area contributed by atoms with E-state index in [1.807, 2.05) is 0 Å². The van der Waals surface area contributed by atoms with Gasteiger partial charge in [0.2, 0.25) is 0 Å². The topological polar surface area (TPSA) is 64.6 Å². The minimum absolute atomic E-state index is 0.0618. The van der Waals surface area contributed by atoms with Crippen molar-refractivity contribution in [3.63, 3.8) is 0 Å². The van der Waals surface area contributed by atoms with Gasteiger partial charge in [0.15, 0.2) is 0 Å². The molecule has 5 heteroatoms. The second-order valence-electron chi connectivity index (χ2n) is 3.82. The summed E-state index contributed by atoms with van der Waals surface area (Å²) in [5.41, 5.74) is -0.536. The molecule has 1 amide bonds. The molecule has 0 spiro atoms. The maximum absolute atomic E-state index is 11.3. The lowest BCUT2D eigenvalue weighted by molar-refractivity contribution is -0.136. The Morgan fingerprint density at radius 2 is 1.80 bits per heavy atom. The van der Waals surface area contributed by atoms with Gasteiger partial charge in [-0.25, -0.2) is 9.59 Å². The van der Waals surface area contributed by atoms with Crippen molar-refractivity contribution in [1.29, 1.82) is 0 Å². The average Bonchev–Trinajstić information content (AvgIpc) is 2.10. The van der Waals surface area contributed by atoms with Crippen LogP contribution in [0.2, 0.25) is 0 Å². The number of amides is 1. The van der Waals surface area contributed by atoms with Crippen molar-refractivity contribution in [2.75, 3.05) is 7.11 Å². The molecular formula is C10H17NO4. The van der Waals surface area contributed by atoms with E-state index in [0.29, 0.717) is 0 Å². The fourth-order valence-electron chi connectivity index (χ4n) is 0.765. The van der Waals surface area contributed by atoms with E-state index in [2.05, 4.69) is 10.1 Å². The molecule has 15 heavy (non-hydrogen) atoms. The summed E-state index contributed by atoms with van der Waals surface area (Å²) in [4.78, 5) is 22.3. The first kappa shape index (κ1) is 13.5. The molecule has 0 aromatic carbocycles.